The van der Waals surface area contributed by atoms with Crippen molar-refractivity contribution in [3.63, 3.8) is 0 Å². The van der Waals surface area contributed by atoms with Crippen LogP contribution in [0.4, 0.5) is 11.8 Å². The molecule has 3 aromatic carbocycles. The molecule has 5 aromatic rings. The van der Waals surface area contributed by atoms with Crippen molar-refractivity contribution in [3.05, 3.63) is 112 Å². The van der Waals surface area contributed by atoms with Crippen LogP contribution in [0.5, 0.6) is 0 Å². The summed E-state index contributed by atoms with van der Waals surface area (Å²) in [6.07, 6.45) is 4.48. The number of aromatic nitrogens is 4. The zero-order valence-electron chi connectivity index (χ0n) is 29.4. The van der Waals surface area contributed by atoms with Crippen molar-refractivity contribution >= 4 is 28.5 Å². The second-order valence-electron chi connectivity index (χ2n) is 14.0. The van der Waals surface area contributed by atoms with E-state index in [0.29, 0.717) is 41.5 Å². The van der Waals surface area contributed by atoms with Crippen LogP contribution in [0.1, 0.15) is 85.0 Å². The highest BCUT2D eigenvalue weighted by Crippen LogP contribution is 2.29. The smallest absolute Gasteiger partial charge is 0.275 e. The Balaban J connectivity index is 1.11. The average Bonchev–Trinajstić information content (AvgIpc) is 3.41. The molecule has 1 atom stereocenters. The van der Waals surface area contributed by atoms with Crippen LogP contribution in [-0.2, 0) is 0 Å². The van der Waals surface area contributed by atoms with E-state index in [-0.39, 0.29) is 23.7 Å². The van der Waals surface area contributed by atoms with Gasteiger partial charge >= 0.3 is 0 Å². The van der Waals surface area contributed by atoms with Gasteiger partial charge in [0.15, 0.2) is 5.78 Å². The van der Waals surface area contributed by atoms with E-state index < -0.39 is 0 Å². The van der Waals surface area contributed by atoms with E-state index in [9.17, 15) is 9.59 Å². The maximum absolute atomic E-state index is 13.8. The van der Waals surface area contributed by atoms with Crippen molar-refractivity contribution in [2.45, 2.75) is 70.8 Å². The number of ketones is 1. The van der Waals surface area contributed by atoms with Crippen LogP contribution < -0.4 is 21.1 Å². The highest BCUT2D eigenvalue weighted by molar-refractivity contribution is 5.96. The van der Waals surface area contributed by atoms with Crippen molar-refractivity contribution in [1.29, 1.82) is 0 Å². The van der Waals surface area contributed by atoms with Crippen molar-refractivity contribution in [3.8, 4) is 5.69 Å². The molecule has 0 spiro atoms. The zero-order valence-corrected chi connectivity index (χ0v) is 29.4. The lowest BCUT2D eigenvalue weighted by Crippen LogP contribution is -2.34. The standard InChI is InChI=1S/C40H49N7O2/c1-26(2)29-17-19-30(20-18-29)36(48)23-31(37-27(3)45-47(39(37)49)33-11-7-6-8-12-33)25-41-24-28-15-21-32(22-16-28)42-40-43-35-14-10-9-13-34(35)38(44-40)46(4)5/h6-14,17-20,26,28,31-32,41,45H,15-16,21-25H2,1-5H3,(H,42,43,44). The molecule has 0 bridgehead atoms. The van der Waals surface area contributed by atoms with Gasteiger partial charge in [0, 0.05) is 61.2 Å². The Labute approximate surface area is 289 Å². The van der Waals surface area contributed by atoms with Gasteiger partial charge in [-0.15, -0.1) is 0 Å². The lowest BCUT2D eigenvalue weighted by atomic mass is 9.85. The predicted octanol–water partition coefficient (Wildman–Crippen LogP) is 7.22. The van der Waals surface area contributed by atoms with Gasteiger partial charge in [0.25, 0.3) is 5.56 Å². The van der Waals surface area contributed by atoms with Crippen LogP contribution in [-0.4, -0.2) is 58.8 Å². The summed E-state index contributed by atoms with van der Waals surface area (Å²) >= 11 is 0. The molecule has 0 amide bonds. The van der Waals surface area contributed by atoms with Gasteiger partial charge in [0.05, 0.1) is 11.2 Å². The number of benzene rings is 3. The average molecular weight is 660 g/mol. The Hall–Kier alpha value is -4.76. The Kier molecular flexibility index (Phi) is 10.6. The largest absolute Gasteiger partial charge is 0.362 e. The van der Waals surface area contributed by atoms with Crippen LogP contribution in [0.15, 0.2) is 83.7 Å². The number of rotatable bonds is 13. The third-order valence-corrected chi connectivity index (χ3v) is 9.88. The minimum Gasteiger partial charge on any atom is -0.362 e. The van der Waals surface area contributed by atoms with Gasteiger partial charge < -0.3 is 15.5 Å². The minimum atomic E-state index is -0.264. The van der Waals surface area contributed by atoms with E-state index in [4.69, 9.17) is 9.97 Å². The summed E-state index contributed by atoms with van der Waals surface area (Å²) in [7, 11) is 4.02. The molecule has 1 aliphatic rings. The van der Waals surface area contributed by atoms with Gasteiger partial charge in [-0.3, -0.25) is 14.7 Å². The molecule has 2 heterocycles. The number of fused-ring (bicyclic) bond motifs is 1. The highest BCUT2D eigenvalue weighted by atomic mass is 16.1. The quantitative estimate of drug-likeness (QED) is 0.115. The molecule has 3 N–H and O–H groups in total. The fourth-order valence-electron chi connectivity index (χ4n) is 7.09. The Morgan fingerprint density at radius 2 is 1.63 bits per heavy atom. The number of nitrogens with one attached hydrogen (secondary N) is 3. The highest BCUT2D eigenvalue weighted by Gasteiger charge is 2.27. The van der Waals surface area contributed by atoms with Gasteiger partial charge in [0.1, 0.15) is 5.82 Å². The normalized spacial score (nSPS) is 16.9. The molecular weight excluding hydrogens is 610 g/mol. The summed E-state index contributed by atoms with van der Waals surface area (Å²) in [5.41, 5.74) is 4.97. The van der Waals surface area contributed by atoms with Gasteiger partial charge in [-0.25, -0.2) is 9.67 Å². The van der Waals surface area contributed by atoms with Crippen LogP contribution in [0, 0.1) is 12.8 Å². The van der Waals surface area contributed by atoms with E-state index in [2.05, 4.69) is 35.6 Å². The van der Waals surface area contributed by atoms with Crippen molar-refractivity contribution in [2.75, 3.05) is 37.4 Å². The molecule has 0 radical (unpaired) electrons. The fraction of sp³-hybridized carbons (Fsp3) is 0.400. The number of aryl methyl sites for hydroxylation is 1. The summed E-state index contributed by atoms with van der Waals surface area (Å²) in [5, 5.41) is 11.6. The molecule has 0 aliphatic heterocycles. The zero-order chi connectivity index (χ0) is 34.5. The summed E-state index contributed by atoms with van der Waals surface area (Å²) < 4.78 is 1.59. The van der Waals surface area contributed by atoms with E-state index >= 15 is 0 Å². The van der Waals surface area contributed by atoms with Crippen molar-refractivity contribution in [2.24, 2.45) is 5.92 Å². The van der Waals surface area contributed by atoms with Gasteiger partial charge in [-0.2, -0.15) is 4.98 Å². The van der Waals surface area contributed by atoms with Crippen LogP contribution >= 0.6 is 0 Å². The number of carbonyl (C=O) groups is 1. The molecule has 9 heteroatoms. The number of H-pyrrole nitrogens is 1. The molecule has 9 nitrogen and oxygen atoms in total. The van der Waals surface area contributed by atoms with Crippen molar-refractivity contribution in [1.82, 2.24) is 25.1 Å². The van der Waals surface area contributed by atoms with Crippen molar-refractivity contribution < 1.29 is 4.79 Å². The molecule has 1 fully saturated rings. The van der Waals surface area contributed by atoms with E-state index in [0.717, 1.165) is 60.3 Å². The van der Waals surface area contributed by atoms with E-state index in [1.54, 1.807) is 4.68 Å². The molecule has 1 aliphatic carbocycles. The second-order valence-corrected chi connectivity index (χ2v) is 14.0. The first-order chi connectivity index (χ1) is 23.7. The maximum Gasteiger partial charge on any atom is 0.275 e. The molecular formula is C40H49N7O2. The van der Waals surface area contributed by atoms with Gasteiger partial charge in [-0.1, -0.05) is 68.4 Å². The maximum atomic E-state index is 13.8. The molecule has 1 saturated carbocycles. The molecule has 256 valence electrons. The molecule has 49 heavy (non-hydrogen) atoms. The molecule has 1 unspecified atom stereocenters. The molecule has 6 rings (SSSR count). The summed E-state index contributed by atoms with van der Waals surface area (Å²) in [5.74, 6) is 2.29. The Morgan fingerprint density at radius 1 is 0.939 bits per heavy atom. The summed E-state index contributed by atoms with van der Waals surface area (Å²) in [6.45, 7) is 7.62. The third-order valence-electron chi connectivity index (χ3n) is 9.88. The first-order valence-corrected chi connectivity index (χ1v) is 17.6. The number of nitrogens with zero attached hydrogens (tertiary/aromatic N) is 4. The molecule has 2 aromatic heterocycles. The number of aromatic amines is 1. The fourth-order valence-corrected chi connectivity index (χ4v) is 7.09. The van der Waals surface area contributed by atoms with Gasteiger partial charge in [0.2, 0.25) is 5.95 Å². The van der Waals surface area contributed by atoms with Crippen LogP contribution in [0.25, 0.3) is 16.6 Å². The summed E-state index contributed by atoms with van der Waals surface area (Å²) in [4.78, 5) is 39.1. The first kappa shape index (κ1) is 34.1. The second kappa shape index (κ2) is 15.2. The van der Waals surface area contributed by atoms with Gasteiger partial charge in [-0.05, 0) is 80.8 Å². The minimum absolute atomic E-state index is 0.0493. The van der Waals surface area contributed by atoms with E-state index in [1.165, 1.54) is 5.56 Å². The van der Waals surface area contributed by atoms with Crippen LogP contribution in [0.2, 0.25) is 0 Å². The number of carbonyl (C=O) groups excluding carboxylic acids is 1. The Bertz CT molecular complexity index is 1920. The Morgan fingerprint density at radius 3 is 2.33 bits per heavy atom. The first-order valence-electron chi connectivity index (χ1n) is 17.6. The third kappa shape index (κ3) is 7.94. The number of hydrogen-bond acceptors (Lipinski definition) is 7. The summed E-state index contributed by atoms with van der Waals surface area (Å²) in [6, 6.07) is 26.0. The number of para-hydroxylation sites is 2. The van der Waals surface area contributed by atoms with Crippen LogP contribution in [0.3, 0.4) is 0 Å². The topological polar surface area (TPSA) is 108 Å². The SMILES string of the molecule is Cc1[nH]n(-c2ccccc2)c(=O)c1C(CNCC1CCC(Nc2nc(N(C)C)c3ccccc3n2)CC1)CC(=O)c1ccc(C(C)C)cc1. The van der Waals surface area contributed by atoms with E-state index in [1.807, 2.05) is 98.7 Å². The number of Topliss-reactive ketones (excluding diaryl/α,β-unsaturated/α-hetero) is 1. The number of anilines is 2. The monoisotopic (exact) mass is 659 g/mol. The lowest BCUT2D eigenvalue weighted by molar-refractivity contribution is 0.0972. The lowest BCUT2D eigenvalue weighted by Gasteiger charge is -2.30. The predicted molar refractivity (Wildman–Crippen MR) is 199 cm³/mol. The molecule has 0 saturated heterocycles. The number of hydrogen-bond donors (Lipinski definition) is 3.